The van der Waals surface area contributed by atoms with Crippen LogP contribution < -0.4 is 0 Å². The second-order valence-corrected chi connectivity index (χ2v) is 5.40. The molecule has 2 aromatic heterocycles. The van der Waals surface area contributed by atoms with Crippen LogP contribution in [-0.4, -0.2) is 27.5 Å². The molecule has 1 unspecified atom stereocenters. The van der Waals surface area contributed by atoms with E-state index in [-0.39, 0.29) is 11.9 Å². The number of aromatic nitrogens is 2. The van der Waals surface area contributed by atoms with Gasteiger partial charge >= 0.3 is 0 Å². The van der Waals surface area contributed by atoms with Crippen LogP contribution >= 0.6 is 0 Å². The summed E-state index contributed by atoms with van der Waals surface area (Å²) >= 11 is 0. The highest BCUT2D eigenvalue weighted by molar-refractivity contribution is 5.92. The Morgan fingerprint density at radius 1 is 1.48 bits per heavy atom. The lowest BCUT2D eigenvalue weighted by Crippen LogP contribution is -2.30. The average molecular weight is 289 g/mol. The first-order valence-electron chi connectivity index (χ1n) is 7.30. The number of rotatable bonds is 3. The molecule has 0 aliphatic carbocycles. The average Bonchev–Trinajstić information content (AvgIpc) is 3.16. The summed E-state index contributed by atoms with van der Waals surface area (Å²) in [5.41, 5.74) is 1.48. The highest BCUT2D eigenvalue weighted by Gasteiger charge is 2.35. The SMILES string of the molecule is CCc1nc(C)c(C(=O)N2CCCC2c2cc(C)no2)o1. The number of aryl methyl sites for hydroxylation is 3. The van der Waals surface area contributed by atoms with Crippen molar-refractivity contribution in [2.45, 2.75) is 46.1 Å². The molecule has 0 spiro atoms. The van der Waals surface area contributed by atoms with Crippen LogP contribution in [0.1, 0.15) is 59.4 Å². The Kier molecular flexibility index (Phi) is 3.53. The maximum absolute atomic E-state index is 12.7. The number of carbonyl (C=O) groups is 1. The monoisotopic (exact) mass is 289 g/mol. The Morgan fingerprint density at radius 2 is 2.29 bits per heavy atom. The second kappa shape index (κ2) is 5.35. The van der Waals surface area contributed by atoms with Gasteiger partial charge in [-0.2, -0.15) is 0 Å². The van der Waals surface area contributed by atoms with Crippen molar-refractivity contribution in [2.75, 3.05) is 6.54 Å². The van der Waals surface area contributed by atoms with E-state index >= 15 is 0 Å². The molecule has 3 heterocycles. The van der Waals surface area contributed by atoms with Crippen molar-refractivity contribution in [3.8, 4) is 0 Å². The van der Waals surface area contributed by atoms with Crippen molar-refractivity contribution >= 4 is 5.91 Å². The molecule has 0 N–H and O–H groups in total. The van der Waals surface area contributed by atoms with E-state index in [2.05, 4.69) is 10.1 Å². The van der Waals surface area contributed by atoms with Gasteiger partial charge in [-0.1, -0.05) is 12.1 Å². The van der Waals surface area contributed by atoms with Crippen LogP contribution in [-0.2, 0) is 6.42 Å². The molecule has 6 nitrogen and oxygen atoms in total. The molecule has 6 heteroatoms. The molecule has 1 fully saturated rings. The molecule has 2 aromatic rings. The third-order valence-electron chi connectivity index (χ3n) is 3.83. The summed E-state index contributed by atoms with van der Waals surface area (Å²) in [5, 5.41) is 3.91. The number of oxazole rings is 1. The fraction of sp³-hybridized carbons (Fsp3) is 0.533. The van der Waals surface area contributed by atoms with E-state index in [9.17, 15) is 4.79 Å². The largest absolute Gasteiger partial charge is 0.435 e. The molecule has 1 aliphatic heterocycles. The topological polar surface area (TPSA) is 72.4 Å². The van der Waals surface area contributed by atoms with Crippen molar-refractivity contribution < 1.29 is 13.7 Å². The van der Waals surface area contributed by atoms with Crippen LogP contribution in [0.3, 0.4) is 0 Å². The Labute approximate surface area is 123 Å². The summed E-state index contributed by atoms with van der Waals surface area (Å²) in [7, 11) is 0. The lowest BCUT2D eigenvalue weighted by atomic mass is 10.1. The minimum absolute atomic E-state index is 0.0618. The molecule has 21 heavy (non-hydrogen) atoms. The van der Waals surface area contributed by atoms with Crippen LogP contribution in [0.15, 0.2) is 15.0 Å². The van der Waals surface area contributed by atoms with Crippen LogP contribution in [0.2, 0.25) is 0 Å². The van der Waals surface area contributed by atoms with Crippen LogP contribution in [0, 0.1) is 13.8 Å². The molecule has 0 radical (unpaired) electrons. The van der Waals surface area contributed by atoms with Gasteiger partial charge in [0, 0.05) is 19.0 Å². The minimum Gasteiger partial charge on any atom is -0.435 e. The third-order valence-corrected chi connectivity index (χ3v) is 3.83. The van der Waals surface area contributed by atoms with Gasteiger partial charge in [-0.15, -0.1) is 0 Å². The number of likely N-dealkylation sites (tertiary alicyclic amines) is 1. The van der Waals surface area contributed by atoms with E-state index in [4.69, 9.17) is 8.94 Å². The van der Waals surface area contributed by atoms with Gasteiger partial charge in [-0.05, 0) is 26.7 Å². The van der Waals surface area contributed by atoms with Crippen molar-refractivity contribution in [1.82, 2.24) is 15.0 Å². The molecular weight excluding hydrogens is 270 g/mol. The normalized spacial score (nSPS) is 18.4. The summed E-state index contributed by atoms with van der Waals surface area (Å²) in [6.45, 7) is 6.34. The summed E-state index contributed by atoms with van der Waals surface area (Å²) < 4.78 is 10.9. The summed E-state index contributed by atoms with van der Waals surface area (Å²) in [6, 6.07) is 1.83. The number of carbonyl (C=O) groups excluding carboxylic acids is 1. The highest BCUT2D eigenvalue weighted by Crippen LogP contribution is 2.33. The molecule has 112 valence electrons. The maximum atomic E-state index is 12.7. The molecule has 1 atom stereocenters. The lowest BCUT2D eigenvalue weighted by Gasteiger charge is -2.21. The van der Waals surface area contributed by atoms with Crippen LogP contribution in [0.25, 0.3) is 0 Å². The zero-order valence-corrected chi connectivity index (χ0v) is 12.5. The number of amides is 1. The van der Waals surface area contributed by atoms with Crippen LogP contribution in [0.5, 0.6) is 0 Å². The van der Waals surface area contributed by atoms with Gasteiger partial charge in [-0.3, -0.25) is 4.79 Å². The van der Waals surface area contributed by atoms with Gasteiger partial charge in [-0.25, -0.2) is 4.98 Å². The first kappa shape index (κ1) is 13.9. The minimum atomic E-state index is -0.115. The molecule has 0 aromatic carbocycles. The van der Waals surface area contributed by atoms with E-state index in [0.717, 1.165) is 24.3 Å². The molecule has 3 rings (SSSR count). The van der Waals surface area contributed by atoms with Gasteiger partial charge in [0.1, 0.15) is 0 Å². The second-order valence-electron chi connectivity index (χ2n) is 5.40. The quantitative estimate of drug-likeness (QED) is 0.868. The molecule has 1 saturated heterocycles. The lowest BCUT2D eigenvalue weighted by molar-refractivity contribution is 0.0679. The van der Waals surface area contributed by atoms with Crippen molar-refractivity contribution in [1.29, 1.82) is 0 Å². The van der Waals surface area contributed by atoms with E-state index in [1.807, 2.05) is 19.9 Å². The van der Waals surface area contributed by atoms with Gasteiger partial charge in [0.05, 0.1) is 17.4 Å². The zero-order chi connectivity index (χ0) is 15.0. The van der Waals surface area contributed by atoms with Gasteiger partial charge in [0.2, 0.25) is 5.76 Å². The molecular formula is C15H19N3O3. The molecule has 0 saturated carbocycles. The standard InChI is InChI=1S/C15H19N3O3/c1-4-13-16-10(3)14(20-13)15(19)18-7-5-6-11(18)12-8-9(2)17-21-12/h8,11H,4-7H2,1-3H3. The van der Waals surface area contributed by atoms with Gasteiger partial charge in [0.25, 0.3) is 5.91 Å². The summed E-state index contributed by atoms with van der Waals surface area (Å²) in [4.78, 5) is 18.8. The predicted molar refractivity (Wildman–Crippen MR) is 74.9 cm³/mol. The van der Waals surface area contributed by atoms with Crippen molar-refractivity contribution in [2.24, 2.45) is 0 Å². The van der Waals surface area contributed by atoms with Crippen molar-refractivity contribution in [3.05, 3.63) is 34.9 Å². The van der Waals surface area contributed by atoms with Crippen molar-refractivity contribution in [3.63, 3.8) is 0 Å². The molecule has 1 amide bonds. The molecule has 0 bridgehead atoms. The smallest absolute Gasteiger partial charge is 0.292 e. The summed E-state index contributed by atoms with van der Waals surface area (Å²) in [5.74, 6) is 1.57. The first-order valence-corrected chi connectivity index (χ1v) is 7.30. The fourth-order valence-corrected chi connectivity index (χ4v) is 2.78. The Bertz CT molecular complexity index is 659. The number of hydrogen-bond acceptors (Lipinski definition) is 5. The van der Waals surface area contributed by atoms with E-state index in [1.165, 1.54) is 0 Å². The Hall–Kier alpha value is -2.11. The predicted octanol–water partition coefficient (Wildman–Crippen LogP) is 2.82. The summed E-state index contributed by atoms with van der Waals surface area (Å²) in [6.07, 6.45) is 2.51. The van der Waals surface area contributed by atoms with Gasteiger partial charge < -0.3 is 13.8 Å². The first-order chi connectivity index (χ1) is 10.1. The van der Waals surface area contributed by atoms with Gasteiger partial charge in [0.15, 0.2) is 11.7 Å². The molecule has 1 aliphatic rings. The Balaban J connectivity index is 1.87. The Morgan fingerprint density at radius 3 is 2.90 bits per heavy atom. The number of hydrogen-bond donors (Lipinski definition) is 0. The van der Waals surface area contributed by atoms with Crippen LogP contribution in [0.4, 0.5) is 0 Å². The highest BCUT2D eigenvalue weighted by atomic mass is 16.5. The van der Waals surface area contributed by atoms with E-state index < -0.39 is 0 Å². The van der Waals surface area contributed by atoms with E-state index in [0.29, 0.717) is 30.3 Å². The fourth-order valence-electron chi connectivity index (χ4n) is 2.78. The third kappa shape index (κ3) is 2.46. The van der Waals surface area contributed by atoms with E-state index in [1.54, 1.807) is 11.8 Å². The number of nitrogens with zero attached hydrogens (tertiary/aromatic N) is 3. The zero-order valence-electron chi connectivity index (χ0n) is 12.5. The maximum Gasteiger partial charge on any atom is 0.292 e.